The molecule has 3 aromatic rings. The Morgan fingerprint density at radius 1 is 1.13 bits per heavy atom. The Kier molecular flexibility index (Phi) is 3.07. The van der Waals surface area contributed by atoms with E-state index in [9.17, 15) is 9.59 Å². The Hall–Kier alpha value is -3.16. The van der Waals surface area contributed by atoms with Gasteiger partial charge in [0.25, 0.3) is 5.56 Å². The van der Waals surface area contributed by atoms with E-state index < -0.39 is 0 Å². The molecule has 0 radical (unpaired) electrons. The van der Waals surface area contributed by atoms with Crippen molar-refractivity contribution in [3.05, 3.63) is 46.9 Å². The minimum atomic E-state index is -0.266. The van der Waals surface area contributed by atoms with Crippen LogP contribution in [0.4, 0.5) is 5.95 Å². The zero-order valence-corrected chi connectivity index (χ0v) is 12.2. The van der Waals surface area contributed by atoms with Crippen molar-refractivity contribution in [1.82, 2.24) is 25.1 Å². The number of benzene rings is 1. The number of aromatic amines is 1. The van der Waals surface area contributed by atoms with E-state index in [-0.39, 0.29) is 18.0 Å². The van der Waals surface area contributed by atoms with Gasteiger partial charge in [-0.2, -0.15) is 10.1 Å². The predicted molar refractivity (Wildman–Crippen MR) is 84.7 cm³/mol. The first-order chi connectivity index (χ1) is 11.2. The molecule has 0 bridgehead atoms. The fraction of sp³-hybridized carbons (Fsp3) is 0.200. The van der Waals surface area contributed by atoms with Crippen molar-refractivity contribution < 1.29 is 4.79 Å². The number of hydrogen-bond donors (Lipinski definition) is 2. The normalized spacial score (nSPS) is 15.0. The van der Waals surface area contributed by atoms with Crippen LogP contribution in [-0.2, 0) is 4.79 Å². The van der Waals surface area contributed by atoms with Gasteiger partial charge in [-0.3, -0.25) is 14.6 Å². The van der Waals surface area contributed by atoms with Gasteiger partial charge in [0.1, 0.15) is 5.39 Å². The second-order valence-electron chi connectivity index (χ2n) is 5.29. The summed E-state index contributed by atoms with van der Waals surface area (Å²) in [4.78, 5) is 32.8. The van der Waals surface area contributed by atoms with Gasteiger partial charge >= 0.3 is 0 Å². The maximum atomic E-state index is 12.3. The van der Waals surface area contributed by atoms with E-state index in [1.807, 2.05) is 30.3 Å². The van der Waals surface area contributed by atoms with E-state index >= 15 is 0 Å². The number of nitrogens with zero attached hydrogens (tertiary/aromatic N) is 4. The van der Waals surface area contributed by atoms with Gasteiger partial charge in [-0.15, -0.1) is 0 Å². The van der Waals surface area contributed by atoms with E-state index in [0.717, 1.165) is 5.69 Å². The SMILES string of the molecule is O=C1CN(c2nc3c(cnn3-c3ccccc3)c(=O)[nH]2)CCN1. The molecule has 0 saturated carbocycles. The standard InChI is InChI=1S/C15H14N6O2/c22-12-9-20(7-6-16-12)15-18-13-11(14(23)19-15)8-17-21(13)10-4-2-1-3-5-10/h1-5,8H,6-7,9H2,(H,16,22)(H,18,19,23). The number of carbonyl (C=O) groups is 1. The van der Waals surface area contributed by atoms with E-state index in [1.54, 1.807) is 9.58 Å². The van der Waals surface area contributed by atoms with Crippen molar-refractivity contribution >= 4 is 22.9 Å². The lowest BCUT2D eigenvalue weighted by Gasteiger charge is -2.26. The van der Waals surface area contributed by atoms with Gasteiger partial charge in [-0.1, -0.05) is 18.2 Å². The Morgan fingerprint density at radius 2 is 1.96 bits per heavy atom. The Labute approximate surface area is 130 Å². The third-order valence-electron chi connectivity index (χ3n) is 3.76. The van der Waals surface area contributed by atoms with Gasteiger partial charge < -0.3 is 10.2 Å². The summed E-state index contributed by atoms with van der Waals surface area (Å²) in [6, 6.07) is 9.48. The van der Waals surface area contributed by atoms with Crippen LogP contribution in [0.1, 0.15) is 0 Å². The highest BCUT2D eigenvalue weighted by Crippen LogP contribution is 2.16. The first kappa shape index (κ1) is 13.5. The lowest BCUT2D eigenvalue weighted by Crippen LogP contribution is -2.48. The highest BCUT2D eigenvalue weighted by Gasteiger charge is 2.20. The average Bonchev–Trinajstić information content (AvgIpc) is 3.00. The molecule has 8 nitrogen and oxygen atoms in total. The number of nitrogens with one attached hydrogen (secondary N) is 2. The maximum Gasteiger partial charge on any atom is 0.263 e. The van der Waals surface area contributed by atoms with Gasteiger partial charge in [-0.05, 0) is 12.1 Å². The number of amides is 1. The number of hydrogen-bond acceptors (Lipinski definition) is 5. The van der Waals surface area contributed by atoms with Crippen molar-refractivity contribution in [2.45, 2.75) is 0 Å². The molecule has 1 aliphatic heterocycles. The van der Waals surface area contributed by atoms with Crippen molar-refractivity contribution in [3.8, 4) is 5.69 Å². The van der Waals surface area contributed by atoms with Crippen molar-refractivity contribution in [2.75, 3.05) is 24.5 Å². The third kappa shape index (κ3) is 2.33. The Morgan fingerprint density at radius 3 is 2.74 bits per heavy atom. The van der Waals surface area contributed by atoms with Crippen molar-refractivity contribution in [3.63, 3.8) is 0 Å². The molecule has 1 fully saturated rings. The van der Waals surface area contributed by atoms with Crippen molar-refractivity contribution in [1.29, 1.82) is 0 Å². The lowest BCUT2D eigenvalue weighted by molar-refractivity contribution is -0.120. The molecule has 0 atom stereocenters. The molecule has 1 amide bonds. The van der Waals surface area contributed by atoms with E-state index in [4.69, 9.17) is 0 Å². The smallest absolute Gasteiger partial charge is 0.263 e. The fourth-order valence-corrected chi connectivity index (χ4v) is 2.63. The number of fused-ring (bicyclic) bond motifs is 1. The number of anilines is 1. The molecule has 0 spiro atoms. The lowest BCUT2D eigenvalue weighted by atomic mass is 10.3. The monoisotopic (exact) mass is 310 g/mol. The largest absolute Gasteiger partial charge is 0.353 e. The molecular weight excluding hydrogens is 296 g/mol. The van der Waals surface area contributed by atoms with Crippen LogP contribution in [0, 0.1) is 0 Å². The number of piperazine rings is 1. The van der Waals surface area contributed by atoms with E-state index in [0.29, 0.717) is 30.1 Å². The number of rotatable bonds is 2. The van der Waals surface area contributed by atoms with Gasteiger partial charge in [0.2, 0.25) is 11.9 Å². The zero-order valence-electron chi connectivity index (χ0n) is 12.2. The van der Waals surface area contributed by atoms with Crippen LogP contribution in [0.5, 0.6) is 0 Å². The number of H-pyrrole nitrogens is 1. The second-order valence-corrected chi connectivity index (χ2v) is 5.29. The van der Waals surface area contributed by atoms with Gasteiger partial charge in [-0.25, -0.2) is 4.68 Å². The summed E-state index contributed by atoms with van der Waals surface area (Å²) in [7, 11) is 0. The van der Waals surface area contributed by atoms with Gasteiger partial charge in [0.15, 0.2) is 5.65 Å². The first-order valence-electron chi connectivity index (χ1n) is 7.27. The highest BCUT2D eigenvalue weighted by atomic mass is 16.2. The summed E-state index contributed by atoms with van der Waals surface area (Å²) >= 11 is 0. The number of aromatic nitrogens is 4. The summed E-state index contributed by atoms with van der Waals surface area (Å²) in [5.41, 5.74) is 1.03. The molecule has 3 heterocycles. The fourth-order valence-electron chi connectivity index (χ4n) is 2.63. The molecule has 8 heteroatoms. The van der Waals surface area contributed by atoms with E-state index in [2.05, 4.69) is 20.4 Å². The summed E-state index contributed by atoms with van der Waals surface area (Å²) < 4.78 is 1.62. The van der Waals surface area contributed by atoms with Gasteiger partial charge in [0.05, 0.1) is 18.4 Å². The topological polar surface area (TPSA) is 95.9 Å². The summed E-state index contributed by atoms with van der Waals surface area (Å²) in [6.07, 6.45) is 1.50. The molecule has 2 N–H and O–H groups in total. The van der Waals surface area contributed by atoms with Crippen LogP contribution < -0.4 is 15.8 Å². The van der Waals surface area contributed by atoms with E-state index in [1.165, 1.54) is 6.20 Å². The van der Waals surface area contributed by atoms with Crippen LogP contribution >= 0.6 is 0 Å². The number of carbonyl (C=O) groups excluding carboxylic acids is 1. The number of para-hydroxylation sites is 1. The molecule has 23 heavy (non-hydrogen) atoms. The summed E-state index contributed by atoms with van der Waals surface area (Å²) in [5, 5.41) is 7.43. The van der Waals surface area contributed by atoms with Gasteiger partial charge in [0, 0.05) is 13.1 Å². The molecule has 1 aromatic carbocycles. The van der Waals surface area contributed by atoms with Crippen LogP contribution in [0.3, 0.4) is 0 Å². The second kappa shape index (κ2) is 5.24. The Bertz CT molecular complexity index is 930. The van der Waals surface area contributed by atoms with Crippen LogP contribution in [0.25, 0.3) is 16.7 Å². The van der Waals surface area contributed by atoms with Crippen LogP contribution in [0.2, 0.25) is 0 Å². The highest BCUT2D eigenvalue weighted by molar-refractivity contribution is 5.82. The molecule has 2 aromatic heterocycles. The van der Waals surface area contributed by atoms with Crippen LogP contribution in [-0.4, -0.2) is 45.3 Å². The maximum absolute atomic E-state index is 12.3. The summed E-state index contributed by atoms with van der Waals surface area (Å²) in [6.45, 7) is 1.30. The minimum Gasteiger partial charge on any atom is -0.353 e. The molecule has 0 unspecified atom stereocenters. The quantitative estimate of drug-likeness (QED) is 0.697. The molecule has 1 saturated heterocycles. The zero-order chi connectivity index (χ0) is 15.8. The average molecular weight is 310 g/mol. The van der Waals surface area contributed by atoms with Crippen LogP contribution in [0.15, 0.2) is 41.3 Å². The Balaban J connectivity index is 1.85. The molecular formula is C15H14N6O2. The third-order valence-corrected chi connectivity index (χ3v) is 3.76. The summed E-state index contributed by atoms with van der Waals surface area (Å²) in [5.74, 6) is 0.297. The minimum absolute atomic E-state index is 0.0874. The molecule has 4 rings (SSSR count). The predicted octanol–water partition coefficient (Wildman–Crippen LogP) is 0.0450. The molecule has 0 aliphatic carbocycles. The molecule has 116 valence electrons. The molecule has 1 aliphatic rings. The van der Waals surface area contributed by atoms with Crippen molar-refractivity contribution in [2.24, 2.45) is 0 Å². The first-order valence-corrected chi connectivity index (χ1v) is 7.27.